The first-order chi connectivity index (χ1) is 11.4. The van der Waals surface area contributed by atoms with Gasteiger partial charge in [0.25, 0.3) is 0 Å². The van der Waals surface area contributed by atoms with Gasteiger partial charge in [0.2, 0.25) is 0 Å². The molecule has 0 aliphatic carbocycles. The van der Waals surface area contributed by atoms with Crippen molar-refractivity contribution in [2.75, 3.05) is 33.2 Å². The fraction of sp³-hybridized carbons (Fsp3) is 0.400. The van der Waals surface area contributed by atoms with E-state index in [0.717, 1.165) is 26.2 Å². The molecular formula is C20H29N3. The number of rotatable bonds is 4. The Kier molecular flexibility index (Phi) is 6.78. The molecule has 3 nitrogen and oxygen atoms in total. The van der Waals surface area contributed by atoms with Gasteiger partial charge in [-0.3, -0.25) is 4.90 Å². The minimum Gasteiger partial charge on any atom is -0.333 e. The number of piperazine rings is 1. The van der Waals surface area contributed by atoms with Gasteiger partial charge in [0.1, 0.15) is 0 Å². The topological polar surface area (TPSA) is 41.3 Å². The third-order valence-electron chi connectivity index (χ3n) is 4.48. The molecule has 23 heavy (non-hydrogen) atoms. The Morgan fingerprint density at radius 1 is 0.957 bits per heavy atom. The second-order valence-corrected chi connectivity index (χ2v) is 5.76. The van der Waals surface area contributed by atoms with Gasteiger partial charge in [-0.15, -0.1) is 0 Å². The molecule has 1 aliphatic rings. The molecule has 1 heterocycles. The highest BCUT2D eigenvalue weighted by atomic mass is 15.3. The van der Waals surface area contributed by atoms with Crippen LogP contribution < -0.4 is 11.1 Å². The third kappa shape index (κ3) is 3.63. The molecule has 3 rings (SSSR count). The van der Waals surface area contributed by atoms with Gasteiger partial charge < -0.3 is 11.1 Å². The van der Waals surface area contributed by atoms with Crippen LogP contribution in [0.5, 0.6) is 0 Å². The zero-order valence-electron chi connectivity index (χ0n) is 14.3. The Morgan fingerprint density at radius 2 is 1.48 bits per heavy atom. The molecule has 0 unspecified atom stereocenters. The van der Waals surface area contributed by atoms with Crippen LogP contribution in [-0.4, -0.2) is 38.1 Å². The Balaban J connectivity index is 0.000000924. The Hall–Kier alpha value is -1.68. The quantitative estimate of drug-likeness (QED) is 0.912. The SMILES string of the molecule is CCCN1CCNCC1(c1ccccc1)c1ccccc1.CN. The van der Waals surface area contributed by atoms with Crippen LogP contribution in [0.2, 0.25) is 0 Å². The second-order valence-electron chi connectivity index (χ2n) is 5.76. The molecule has 2 aromatic rings. The van der Waals surface area contributed by atoms with Crippen molar-refractivity contribution in [3.8, 4) is 0 Å². The second kappa shape index (κ2) is 8.82. The van der Waals surface area contributed by atoms with Crippen molar-refractivity contribution in [2.24, 2.45) is 5.73 Å². The highest BCUT2D eigenvalue weighted by molar-refractivity contribution is 5.40. The van der Waals surface area contributed by atoms with E-state index in [0.29, 0.717) is 0 Å². The molecule has 124 valence electrons. The summed E-state index contributed by atoms with van der Waals surface area (Å²) in [5.74, 6) is 0. The van der Waals surface area contributed by atoms with Crippen LogP contribution in [0, 0.1) is 0 Å². The molecule has 1 aliphatic heterocycles. The molecule has 0 radical (unpaired) electrons. The van der Waals surface area contributed by atoms with Crippen molar-refractivity contribution in [2.45, 2.75) is 18.9 Å². The van der Waals surface area contributed by atoms with E-state index >= 15 is 0 Å². The van der Waals surface area contributed by atoms with E-state index < -0.39 is 0 Å². The summed E-state index contributed by atoms with van der Waals surface area (Å²) < 4.78 is 0. The van der Waals surface area contributed by atoms with Gasteiger partial charge in [-0.05, 0) is 31.1 Å². The van der Waals surface area contributed by atoms with Crippen molar-refractivity contribution >= 4 is 0 Å². The molecule has 1 fully saturated rings. The highest BCUT2D eigenvalue weighted by Gasteiger charge is 2.41. The zero-order chi connectivity index (χ0) is 16.5. The summed E-state index contributed by atoms with van der Waals surface area (Å²) in [6.45, 7) is 6.54. The molecule has 0 amide bonds. The van der Waals surface area contributed by atoms with Crippen LogP contribution in [0.4, 0.5) is 0 Å². The summed E-state index contributed by atoms with van der Waals surface area (Å²) in [6.07, 6.45) is 1.18. The van der Waals surface area contributed by atoms with Crippen LogP contribution in [-0.2, 0) is 5.54 Å². The van der Waals surface area contributed by atoms with Gasteiger partial charge in [-0.1, -0.05) is 67.6 Å². The summed E-state index contributed by atoms with van der Waals surface area (Å²) in [5, 5.41) is 3.62. The van der Waals surface area contributed by atoms with Crippen LogP contribution >= 0.6 is 0 Å². The molecule has 3 heteroatoms. The Morgan fingerprint density at radius 3 is 1.96 bits per heavy atom. The van der Waals surface area contributed by atoms with E-state index in [1.54, 1.807) is 0 Å². The number of nitrogens with one attached hydrogen (secondary N) is 1. The molecule has 0 saturated carbocycles. The third-order valence-corrected chi connectivity index (χ3v) is 4.48. The lowest BCUT2D eigenvalue weighted by Gasteiger charge is -2.48. The van der Waals surface area contributed by atoms with Crippen LogP contribution in [0.3, 0.4) is 0 Å². The largest absolute Gasteiger partial charge is 0.333 e. The van der Waals surface area contributed by atoms with Gasteiger partial charge in [-0.2, -0.15) is 0 Å². The maximum atomic E-state index is 4.50. The number of hydrogen-bond donors (Lipinski definition) is 2. The van der Waals surface area contributed by atoms with Crippen LogP contribution in [0.1, 0.15) is 24.5 Å². The predicted molar refractivity (Wildman–Crippen MR) is 98.5 cm³/mol. The maximum Gasteiger partial charge on any atom is 0.0842 e. The molecule has 0 aromatic heterocycles. The smallest absolute Gasteiger partial charge is 0.0842 e. The summed E-state index contributed by atoms with van der Waals surface area (Å²) in [5.41, 5.74) is 7.23. The van der Waals surface area contributed by atoms with E-state index in [9.17, 15) is 0 Å². The normalized spacial score (nSPS) is 17.2. The van der Waals surface area contributed by atoms with Crippen molar-refractivity contribution in [3.63, 3.8) is 0 Å². The fourth-order valence-corrected chi connectivity index (χ4v) is 3.52. The minimum absolute atomic E-state index is 0.0449. The average Bonchev–Trinajstić information content (AvgIpc) is 2.66. The van der Waals surface area contributed by atoms with Gasteiger partial charge >= 0.3 is 0 Å². The summed E-state index contributed by atoms with van der Waals surface area (Å²) in [4.78, 5) is 2.65. The van der Waals surface area contributed by atoms with Crippen molar-refractivity contribution in [3.05, 3.63) is 71.8 Å². The van der Waals surface area contributed by atoms with Crippen molar-refractivity contribution < 1.29 is 0 Å². The minimum atomic E-state index is -0.0449. The fourth-order valence-electron chi connectivity index (χ4n) is 3.52. The first kappa shape index (κ1) is 17.7. The standard InChI is InChI=1S/C19H24N2.CH5N/c1-2-14-21-15-13-20-16-19(21,17-9-5-3-6-10-17)18-11-7-4-8-12-18;1-2/h3-12,20H,2,13-16H2,1H3;2H2,1H3. The van der Waals surface area contributed by atoms with Gasteiger partial charge in [0, 0.05) is 19.6 Å². The first-order valence-corrected chi connectivity index (χ1v) is 8.52. The summed E-state index contributed by atoms with van der Waals surface area (Å²) >= 11 is 0. The zero-order valence-corrected chi connectivity index (χ0v) is 14.3. The highest BCUT2D eigenvalue weighted by Crippen LogP contribution is 2.37. The lowest BCUT2D eigenvalue weighted by Crippen LogP contribution is -2.59. The average molecular weight is 311 g/mol. The van der Waals surface area contributed by atoms with Crippen LogP contribution in [0.25, 0.3) is 0 Å². The van der Waals surface area contributed by atoms with E-state index in [-0.39, 0.29) is 5.54 Å². The van der Waals surface area contributed by atoms with E-state index in [1.807, 2.05) is 0 Å². The Bertz CT molecular complexity index is 512. The maximum absolute atomic E-state index is 4.50. The Labute approximate surface area is 140 Å². The lowest BCUT2D eigenvalue weighted by molar-refractivity contribution is 0.0914. The molecule has 0 spiro atoms. The number of nitrogens with zero attached hydrogens (tertiary/aromatic N) is 1. The lowest BCUT2D eigenvalue weighted by atomic mass is 9.79. The van der Waals surface area contributed by atoms with Crippen LogP contribution in [0.15, 0.2) is 60.7 Å². The number of benzene rings is 2. The molecule has 3 N–H and O–H groups in total. The van der Waals surface area contributed by atoms with E-state index in [4.69, 9.17) is 0 Å². The van der Waals surface area contributed by atoms with Gasteiger partial charge in [-0.25, -0.2) is 0 Å². The number of nitrogens with two attached hydrogens (primary N) is 1. The van der Waals surface area contributed by atoms with Gasteiger partial charge in [0.15, 0.2) is 0 Å². The molecule has 1 saturated heterocycles. The van der Waals surface area contributed by atoms with Crippen molar-refractivity contribution in [1.29, 1.82) is 0 Å². The van der Waals surface area contributed by atoms with Gasteiger partial charge in [0.05, 0.1) is 5.54 Å². The van der Waals surface area contributed by atoms with Crippen molar-refractivity contribution in [1.82, 2.24) is 10.2 Å². The summed E-state index contributed by atoms with van der Waals surface area (Å²) in [6, 6.07) is 21.9. The monoisotopic (exact) mass is 311 g/mol. The first-order valence-electron chi connectivity index (χ1n) is 8.52. The summed E-state index contributed by atoms with van der Waals surface area (Å²) in [7, 11) is 1.50. The molecule has 2 aromatic carbocycles. The molecular weight excluding hydrogens is 282 g/mol. The molecule has 0 atom stereocenters. The van der Waals surface area contributed by atoms with E-state index in [2.05, 4.69) is 83.5 Å². The van der Waals surface area contributed by atoms with E-state index in [1.165, 1.54) is 24.6 Å². The number of hydrogen-bond acceptors (Lipinski definition) is 3. The molecule has 0 bridgehead atoms. The predicted octanol–water partition coefficient (Wildman–Crippen LogP) is 2.82.